The van der Waals surface area contributed by atoms with E-state index >= 15 is 0 Å². The highest BCUT2D eigenvalue weighted by atomic mass is 35.5. The van der Waals surface area contributed by atoms with E-state index in [9.17, 15) is 8.78 Å². The van der Waals surface area contributed by atoms with Crippen molar-refractivity contribution in [3.05, 3.63) is 58.6 Å². The molecule has 20 heavy (non-hydrogen) atoms. The van der Waals surface area contributed by atoms with Crippen molar-refractivity contribution in [1.29, 1.82) is 0 Å². The Bertz CT molecular complexity index is 599. The highest BCUT2D eigenvalue weighted by molar-refractivity contribution is 6.31. The van der Waals surface area contributed by atoms with E-state index in [0.717, 1.165) is 18.5 Å². The fraction of sp³-hybridized carbons (Fsp3) is 0.250. The molecule has 0 aliphatic heterocycles. The minimum absolute atomic E-state index is 0.00408. The number of nitrogens with one attached hydrogen (secondary N) is 1. The first kappa shape index (κ1) is 14.9. The molecule has 0 bridgehead atoms. The Morgan fingerprint density at radius 3 is 2.50 bits per heavy atom. The summed E-state index contributed by atoms with van der Waals surface area (Å²) in [6.45, 7) is 3.61. The minimum atomic E-state index is -0.504. The van der Waals surface area contributed by atoms with Gasteiger partial charge in [0.1, 0.15) is 11.6 Å². The van der Waals surface area contributed by atoms with Gasteiger partial charge >= 0.3 is 0 Å². The third kappa shape index (κ3) is 3.56. The maximum absolute atomic E-state index is 14.1. The Labute approximate surface area is 122 Å². The summed E-state index contributed by atoms with van der Waals surface area (Å²) in [7, 11) is 0. The molecule has 0 radical (unpaired) electrons. The Kier molecular flexibility index (Phi) is 5.10. The van der Waals surface area contributed by atoms with Crippen LogP contribution in [-0.4, -0.2) is 6.54 Å². The van der Waals surface area contributed by atoms with Crippen LogP contribution in [0.1, 0.15) is 18.9 Å². The van der Waals surface area contributed by atoms with E-state index in [4.69, 9.17) is 11.6 Å². The van der Waals surface area contributed by atoms with Crippen LogP contribution in [0.25, 0.3) is 11.1 Å². The van der Waals surface area contributed by atoms with Crippen LogP contribution in [0.3, 0.4) is 0 Å². The van der Waals surface area contributed by atoms with E-state index in [1.807, 2.05) is 6.07 Å². The summed E-state index contributed by atoms with van der Waals surface area (Å²) in [6, 6.07) is 9.25. The summed E-state index contributed by atoms with van der Waals surface area (Å²) in [5, 5.41) is 3.21. The molecule has 0 aliphatic rings. The van der Waals surface area contributed by atoms with E-state index in [0.29, 0.717) is 17.7 Å². The number of hydrogen-bond acceptors (Lipinski definition) is 1. The summed E-state index contributed by atoms with van der Waals surface area (Å²) in [5.41, 5.74) is 1.88. The molecular weight excluding hydrogens is 280 g/mol. The first-order valence-electron chi connectivity index (χ1n) is 6.56. The molecule has 0 aliphatic carbocycles. The van der Waals surface area contributed by atoms with Crippen LogP contribution in [-0.2, 0) is 6.54 Å². The van der Waals surface area contributed by atoms with Crippen LogP contribution in [0.2, 0.25) is 5.02 Å². The highest BCUT2D eigenvalue weighted by Crippen LogP contribution is 2.27. The fourth-order valence-corrected chi connectivity index (χ4v) is 2.16. The van der Waals surface area contributed by atoms with Gasteiger partial charge in [-0.15, -0.1) is 0 Å². The smallest absolute Gasteiger partial charge is 0.141 e. The van der Waals surface area contributed by atoms with Gasteiger partial charge in [-0.2, -0.15) is 0 Å². The Balaban J connectivity index is 2.22. The molecule has 1 nitrogen and oxygen atoms in total. The third-order valence-electron chi connectivity index (χ3n) is 3.02. The first-order chi connectivity index (χ1) is 9.61. The van der Waals surface area contributed by atoms with E-state index in [1.54, 1.807) is 6.07 Å². The average molecular weight is 296 g/mol. The predicted octanol–water partition coefficient (Wildman–Crippen LogP) is 4.78. The molecule has 4 heteroatoms. The summed E-state index contributed by atoms with van der Waals surface area (Å²) in [4.78, 5) is 0. The van der Waals surface area contributed by atoms with Crippen LogP contribution in [0.4, 0.5) is 8.78 Å². The van der Waals surface area contributed by atoms with Gasteiger partial charge in [-0.1, -0.05) is 36.7 Å². The monoisotopic (exact) mass is 295 g/mol. The van der Waals surface area contributed by atoms with Crippen LogP contribution in [0.15, 0.2) is 36.4 Å². The van der Waals surface area contributed by atoms with Crippen molar-refractivity contribution in [2.24, 2.45) is 0 Å². The van der Waals surface area contributed by atoms with Gasteiger partial charge in [0.25, 0.3) is 0 Å². The summed E-state index contributed by atoms with van der Waals surface area (Å²) >= 11 is 5.72. The molecule has 0 heterocycles. The lowest BCUT2D eigenvalue weighted by molar-refractivity contribution is 0.621. The minimum Gasteiger partial charge on any atom is -0.313 e. The Morgan fingerprint density at radius 1 is 1.05 bits per heavy atom. The molecule has 1 N–H and O–H groups in total. The van der Waals surface area contributed by atoms with Gasteiger partial charge in [0, 0.05) is 12.1 Å². The topological polar surface area (TPSA) is 12.0 Å². The van der Waals surface area contributed by atoms with E-state index < -0.39 is 5.82 Å². The fourth-order valence-electron chi connectivity index (χ4n) is 1.98. The lowest BCUT2D eigenvalue weighted by Gasteiger charge is -2.08. The molecule has 0 aromatic heterocycles. The lowest BCUT2D eigenvalue weighted by Crippen LogP contribution is -2.13. The number of benzene rings is 2. The number of hydrogen-bond donors (Lipinski definition) is 1. The maximum Gasteiger partial charge on any atom is 0.141 e. The third-order valence-corrected chi connectivity index (χ3v) is 3.31. The molecule has 0 saturated heterocycles. The molecule has 2 aromatic rings. The molecule has 0 fully saturated rings. The van der Waals surface area contributed by atoms with Crippen LogP contribution < -0.4 is 5.32 Å². The zero-order valence-corrected chi connectivity index (χ0v) is 12.0. The molecule has 0 unspecified atom stereocenters. The molecule has 0 saturated carbocycles. The lowest BCUT2D eigenvalue weighted by atomic mass is 10.0. The van der Waals surface area contributed by atoms with Gasteiger partial charge in [0.05, 0.1) is 5.02 Å². The van der Waals surface area contributed by atoms with Crippen molar-refractivity contribution >= 4 is 11.6 Å². The molecule has 106 valence electrons. The normalized spacial score (nSPS) is 10.8. The largest absolute Gasteiger partial charge is 0.313 e. The Hall–Kier alpha value is -1.45. The van der Waals surface area contributed by atoms with Gasteiger partial charge in [0.2, 0.25) is 0 Å². The second-order valence-corrected chi connectivity index (χ2v) is 5.03. The average Bonchev–Trinajstić information content (AvgIpc) is 2.43. The SMILES string of the molecule is CCCNCc1ccc(-c2ccc(F)c(Cl)c2)c(F)c1. The predicted molar refractivity (Wildman–Crippen MR) is 78.8 cm³/mol. The zero-order chi connectivity index (χ0) is 14.5. The summed E-state index contributed by atoms with van der Waals surface area (Å²) < 4.78 is 27.2. The molecule has 2 aromatic carbocycles. The van der Waals surface area contributed by atoms with Gasteiger partial charge in [-0.25, -0.2) is 8.78 Å². The van der Waals surface area contributed by atoms with E-state index in [-0.39, 0.29) is 10.8 Å². The number of rotatable bonds is 5. The standard InChI is InChI=1S/C16H16ClF2N/c1-2-7-20-10-11-3-5-13(16(19)8-11)12-4-6-15(18)14(17)9-12/h3-6,8-9,20H,2,7,10H2,1H3. The summed E-state index contributed by atoms with van der Waals surface area (Å²) in [5.74, 6) is -0.834. The summed E-state index contributed by atoms with van der Waals surface area (Å²) in [6.07, 6.45) is 1.04. The highest BCUT2D eigenvalue weighted by Gasteiger charge is 2.08. The quantitative estimate of drug-likeness (QED) is 0.782. The van der Waals surface area contributed by atoms with Gasteiger partial charge < -0.3 is 5.32 Å². The molecular formula is C16H16ClF2N. The maximum atomic E-state index is 14.1. The van der Waals surface area contributed by atoms with Crippen molar-refractivity contribution in [2.45, 2.75) is 19.9 Å². The number of halogens is 3. The van der Waals surface area contributed by atoms with E-state index in [1.165, 1.54) is 24.3 Å². The van der Waals surface area contributed by atoms with Crippen molar-refractivity contribution < 1.29 is 8.78 Å². The van der Waals surface area contributed by atoms with Crippen molar-refractivity contribution in [3.63, 3.8) is 0 Å². The zero-order valence-electron chi connectivity index (χ0n) is 11.2. The van der Waals surface area contributed by atoms with Crippen LogP contribution in [0.5, 0.6) is 0 Å². The van der Waals surface area contributed by atoms with Crippen molar-refractivity contribution in [1.82, 2.24) is 5.32 Å². The second-order valence-electron chi connectivity index (χ2n) is 4.62. The second kappa shape index (κ2) is 6.82. The first-order valence-corrected chi connectivity index (χ1v) is 6.94. The van der Waals surface area contributed by atoms with Crippen LogP contribution >= 0.6 is 11.6 Å². The molecule has 0 atom stereocenters. The van der Waals surface area contributed by atoms with Crippen molar-refractivity contribution in [3.8, 4) is 11.1 Å². The van der Waals surface area contributed by atoms with E-state index in [2.05, 4.69) is 12.2 Å². The van der Waals surface area contributed by atoms with Crippen molar-refractivity contribution in [2.75, 3.05) is 6.54 Å². The Morgan fingerprint density at radius 2 is 1.85 bits per heavy atom. The van der Waals surface area contributed by atoms with Gasteiger partial charge in [0.15, 0.2) is 0 Å². The van der Waals surface area contributed by atoms with Gasteiger partial charge in [-0.05, 0) is 42.3 Å². The molecule has 0 amide bonds. The molecule has 0 spiro atoms. The van der Waals surface area contributed by atoms with Gasteiger partial charge in [-0.3, -0.25) is 0 Å². The molecule has 2 rings (SSSR count). The van der Waals surface area contributed by atoms with Crippen LogP contribution in [0, 0.1) is 11.6 Å².